The topological polar surface area (TPSA) is 77.2 Å². The standard InChI is InChI=1S/C12H21NO3S/c1-2-3-4-5-6-7-8-9-11(17(15)16)10-12(13)14/h8-9H,2-7,10H2,1H3,(H2,13,14). The summed E-state index contributed by atoms with van der Waals surface area (Å²) in [6.07, 6.45) is 9.76. The van der Waals surface area contributed by atoms with Crippen LogP contribution in [0, 0.1) is 0 Å². The molecule has 0 unspecified atom stereocenters. The van der Waals surface area contributed by atoms with E-state index in [9.17, 15) is 13.2 Å². The lowest BCUT2D eigenvalue weighted by Crippen LogP contribution is -2.15. The Labute approximate surface area is 104 Å². The van der Waals surface area contributed by atoms with Gasteiger partial charge < -0.3 is 5.73 Å². The van der Waals surface area contributed by atoms with Crippen LogP contribution in [0.4, 0.5) is 0 Å². The van der Waals surface area contributed by atoms with E-state index in [2.05, 4.69) is 6.92 Å². The van der Waals surface area contributed by atoms with Crippen LogP contribution in [0.15, 0.2) is 12.2 Å². The van der Waals surface area contributed by atoms with Crippen LogP contribution in [-0.4, -0.2) is 19.2 Å². The third kappa shape index (κ3) is 9.81. The van der Waals surface area contributed by atoms with Crippen LogP contribution in [0.25, 0.3) is 0 Å². The number of rotatable bonds is 9. The Morgan fingerprint density at radius 2 is 1.82 bits per heavy atom. The van der Waals surface area contributed by atoms with E-state index >= 15 is 0 Å². The predicted octanol–water partition coefficient (Wildman–Crippen LogP) is 1.83. The largest absolute Gasteiger partial charge is 0.369 e. The Morgan fingerprint density at radius 3 is 2.35 bits per heavy atom. The zero-order valence-corrected chi connectivity index (χ0v) is 11.1. The van der Waals surface area contributed by atoms with Crippen LogP contribution < -0.4 is 5.73 Å². The van der Waals surface area contributed by atoms with Gasteiger partial charge in [0.25, 0.3) is 0 Å². The number of carbonyl (C=O) groups is 1. The first kappa shape index (κ1) is 15.9. The van der Waals surface area contributed by atoms with Crippen molar-refractivity contribution >= 4 is 21.1 Å². The molecule has 0 atom stereocenters. The average Bonchev–Trinajstić information content (AvgIpc) is 2.25. The van der Waals surface area contributed by atoms with E-state index in [0.29, 0.717) is 0 Å². The van der Waals surface area contributed by atoms with Crippen molar-refractivity contribution in [2.45, 2.75) is 51.9 Å². The quantitative estimate of drug-likeness (QED) is 0.390. The Balaban J connectivity index is 3.96. The minimum atomic E-state index is -2.36. The van der Waals surface area contributed by atoms with E-state index in [-0.39, 0.29) is 11.3 Å². The maximum absolute atomic E-state index is 10.7. The highest BCUT2D eigenvalue weighted by Crippen LogP contribution is 2.05. The van der Waals surface area contributed by atoms with Crippen LogP contribution in [0.1, 0.15) is 51.9 Å². The lowest BCUT2D eigenvalue weighted by Gasteiger charge is -1.96. The van der Waals surface area contributed by atoms with Gasteiger partial charge in [-0.2, -0.15) is 8.42 Å². The molecule has 0 aliphatic rings. The van der Waals surface area contributed by atoms with Gasteiger partial charge in [-0.25, -0.2) is 0 Å². The third-order valence-corrected chi connectivity index (χ3v) is 3.05. The Kier molecular flexibility index (Phi) is 9.43. The van der Waals surface area contributed by atoms with Gasteiger partial charge in [-0.3, -0.25) is 4.79 Å². The van der Waals surface area contributed by atoms with E-state index in [1.807, 2.05) is 0 Å². The molecule has 4 nitrogen and oxygen atoms in total. The molecule has 0 heterocycles. The van der Waals surface area contributed by atoms with Crippen molar-refractivity contribution in [1.82, 2.24) is 0 Å². The second-order valence-corrected chi connectivity index (χ2v) is 4.94. The molecule has 0 bridgehead atoms. The molecule has 0 radical (unpaired) electrons. The number of allylic oxidation sites excluding steroid dienone is 2. The number of amides is 1. The highest BCUT2D eigenvalue weighted by molar-refractivity contribution is 7.73. The minimum absolute atomic E-state index is 0.0612. The number of nitrogens with two attached hydrogens (primary N) is 1. The maximum Gasteiger partial charge on any atom is 0.222 e. The number of carbonyl (C=O) groups excluding carboxylic acids is 1. The Hall–Kier alpha value is -1.10. The smallest absolute Gasteiger partial charge is 0.222 e. The molecule has 0 spiro atoms. The van der Waals surface area contributed by atoms with Crippen LogP contribution in [0.3, 0.4) is 0 Å². The van der Waals surface area contributed by atoms with Crippen molar-refractivity contribution in [2.75, 3.05) is 0 Å². The zero-order valence-electron chi connectivity index (χ0n) is 10.3. The highest BCUT2D eigenvalue weighted by Gasteiger charge is 2.01. The van der Waals surface area contributed by atoms with Gasteiger partial charge in [0.15, 0.2) is 0 Å². The minimum Gasteiger partial charge on any atom is -0.369 e. The second kappa shape index (κ2) is 10.1. The molecule has 0 aromatic rings. The Bertz CT molecular complexity index is 375. The van der Waals surface area contributed by atoms with Crippen molar-refractivity contribution in [3.63, 3.8) is 0 Å². The molecule has 0 aliphatic carbocycles. The van der Waals surface area contributed by atoms with Gasteiger partial charge in [-0.1, -0.05) is 38.7 Å². The van der Waals surface area contributed by atoms with Gasteiger partial charge in [0.05, 0.1) is 11.3 Å². The normalized spacial score (nSPS) is 10.6. The van der Waals surface area contributed by atoms with Crippen molar-refractivity contribution in [3.05, 3.63) is 12.2 Å². The summed E-state index contributed by atoms with van der Waals surface area (Å²) in [7, 11) is -2.36. The molecule has 0 fully saturated rings. The summed E-state index contributed by atoms with van der Waals surface area (Å²) in [6.45, 7) is 2.16. The fourth-order valence-electron chi connectivity index (χ4n) is 1.43. The van der Waals surface area contributed by atoms with Gasteiger partial charge in [0.1, 0.15) is 0 Å². The van der Waals surface area contributed by atoms with Gasteiger partial charge in [-0.15, -0.1) is 0 Å². The highest BCUT2D eigenvalue weighted by atomic mass is 32.2. The monoisotopic (exact) mass is 259 g/mol. The fourth-order valence-corrected chi connectivity index (χ4v) is 1.89. The number of hydrogen-bond donors (Lipinski definition) is 1. The molecule has 2 N–H and O–H groups in total. The van der Waals surface area contributed by atoms with Crippen LogP contribution in [-0.2, 0) is 15.1 Å². The molecular formula is C12H21NO3S. The maximum atomic E-state index is 10.7. The van der Waals surface area contributed by atoms with E-state index in [1.165, 1.54) is 25.3 Å². The Morgan fingerprint density at radius 1 is 1.18 bits per heavy atom. The fraction of sp³-hybridized carbons (Fsp3) is 0.667. The molecule has 0 saturated carbocycles. The summed E-state index contributed by atoms with van der Waals surface area (Å²) >= 11 is 0. The molecular weight excluding hydrogens is 238 g/mol. The summed E-state index contributed by atoms with van der Waals surface area (Å²) in [5.74, 6) is -0.628. The summed E-state index contributed by atoms with van der Waals surface area (Å²) in [5.41, 5.74) is 4.95. The van der Waals surface area contributed by atoms with E-state index in [1.54, 1.807) is 6.08 Å². The molecule has 98 valence electrons. The second-order valence-electron chi connectivity index (χ2n) is 3.95. The number of hydrogen-bond acceptors (Lipinski definition) is 3. The van der Waals surface area contributed by atoms with Crippen molar-refractivity contribution in [3.8, 4) is 0 Å². The van der Waals surface area contributed by atoms with Crippen LogP contribution in [0.2, 0.25) is 0 Å². The summed E-state index contributed by atoms with van der Waals surface area (Å²) in [6, 6.07) is 0. The summed E-state index contributed by atoms with van der Waals surface area (Å²) in [5, 5.41) is 0. The molecule has 5 heteroatoms. The molecule has 17 heavy (non-hydrogen) atoms. The van der Waals surface area contributed by atoms with Gasteiger partial charge >= 0.3 is 0 Å². The van der Waals surface area contributed by atoms with Gasteiger partial charge in [0, 0.05) is 0 Å². The van der Waals surface area contributed by atoms with Crippen molar-refractivity contribution < 1.29 is 13.2 Å². The first-order valence-electron chi connectivity index (χ1n) is 5.97. The van der Waals surface area contributed by atoms with E-state index in [4.69, 9.17) is 5.73 Å². The van der Waals surface area contributed by atoms with Crippen molar-refractivity contribution in [1.29, 1.82) is 0 Å². The van der Waals surface area contributed by atoms with Crippen LogP contribution in [0.5, 0.6) is 0 Å². The number of unbranched alkanes of at least 4 members (excludes halogenated alkanes) is 5. The first-order chi connectivity index (χ1) is 8.07. The lowest BCUT2D eigenvalue weighted by atomic mass is 10.1. The summed E-state index contributed by atoms with van der Waals surface area (Å²) < 4.78 is 21.5. The lowest BCUT2D eigenvalue weighted by molar-refractivity contribution is -0.116. The molecule has 0 aromatic heterocycles. The van der Waals surface area contributed by atoms with Gasteiger partial charge in [-0.05, 0) is 18.9 Å². The summed E-state index contributed by atoms with van der Waals surface area (Å²) in [4.78, 5) is 10.7. The SMILES string of the molecule is CCCCCCCC=CC(CC(N)=O)=S(=O)=O. The average molecular weight is 259 g/mol. The van der Waals surface area contributed by atoms with E-state index < -0.39 is 16.2 Å². The zero-order chi connectivity index (χ0) is 13.1. The molecule has 0 aromatic carbocycles. The molecule has 0 saturated heterocycles. The third-order valence-electron chi connectivity index (χ3n) is 2.34. The van der Waals surface area contributed by atoms with Crippen molar-refractivity contribution in [2.24, 2.45) is 5.73 Å². The van der Waals surface area contributed by atoms with Gasteiger partial charge in [0.2, 0.25) is 16.2 Å². The number of primary amides is 1. The predicted molar refractivity (Wildman–Crippen MR) is 70.3 cm³/mol. The molecule has 0 rings (SSSR count). The van der Waals surface area contributed by atoms with E-state index in [0.717, 1.165) is 19.3 Å². The molecule has 1 amide bonds. The first-order valence-corrected chi connectivity index (χ1v) is 7.05. The van der Waals surface area contributed by atoms with Crippen LogP contribution >= 0.6 is 0 Å². The molecule has 0 aliphatic heterocycles.